The van der Waals surface area contributed by atoms with E-state index in [1.165, 1.54) is 11.1 Å². The number of para-hydroxylation sites is 1. The second-order valence-electron chi connectivity index (χ2n) is 7.60. The molecule has 4 rings (SSSR count). The average Bonchev–Trinajstić information content (AvgIpc) is 3.05. The molecule has 0 spiro atoms. The third-order valence-electron chi connectivity index (χ3n) is 5.35. The van der Waals surface area contributed by atoms with Crippen LogP contribution in [0.15, 0.2) is 84.0 Å². The molecule has 0 aliphatic carbocycles. The summed E-state index contributed by atoms with van der Waals surface area (Å²) >= 11 is 0. The Morgan fingerprint density at radius 1 is 0.935 bits per heavy atom. The molecule has 2 N–H and O–H groups in total. The van der Waals surface area contributed by atoms with Gasteiger partial charge in [-0.15, -0.1) is 0 Å². The van der Waals surface area contributed by atoms with Gasteiger partial charge in [-0.3, -0.25) is 4.79 Å². The van der Waals surface area contributed by atoms with Crippen molar-refractivity contribution in [2.45, 2.75) is 20.4 Å². The van der Waals surface area contributed by atoms with Gasteiger partial charge in [0.1, 0.15) is 0 Å². The monoisotopic (exact) mass is 410 g/mol. The summed E-state index contributed by atoms with van der Waals surface area (Å²) in [6.07, 6.45) is 1.74. The summed E-state index contributed by atoms with van der Waals surface area (Å²) in [6.45, 7) is 5.07. The highest BCUT2D eigenvalue weighted by Crippen LogP contribution is 2.25. The van der Waals surface area contributed by atoms with Crippen LogP contribution in [0.5, 0.6) is 0 Å². The SMILES string of the molecule is Cc1ccc(NCC(=O)NN=Cc2c(C)n(Cc3ccccc3)c3ccccc23)cc1. The van der Waals surface area contributed by atoms with Gasteiger partial charge in [-0.05, 0) is 37.6 Å². The van der Waals surface area contributed by atoms with E-state index < -0.39 is 0 Å². The van der Waals surface area contributed by atoms with Gasteiger partial charge in [-0.1, -0.05) is 66.2 Å². The van der Waals surface area contributed by atoms with Crippen molar-refractivity contribution in [3.8, 4) is 0 Å². The fraction of sp³-hybridized carbons (Fsp3) is 0.154. The van der Waals surface area contributed by atoms with E-state index in [9.17, 15) is 4.79 Å². The van der Waals surface area contributed by atoms with Crippen molar-refractivity contribution >= 4 is 28.7 Å². The molecule has 156 valence electrons. The number of carbonyl (C=O) groups is 1. The minimum absolute atomic E-state index is 0.162. The molecule has 1 aromatic heterocycles. The minimum atomic E-state index is -0.192. The number of hydrazone groups is 1. The maximum atomic E-state index is 12.2. The van der Waals surface area contributed by atoms with Gasteiger partial charge < -0.3 is 9.88 Å². The molecule has 0 fully saturated rings. The van der Waals surface area contributed by atoms with Gasteiger partial charge >= 0.3 is 0 Å². The van der Waals surface area contributed by atoms with Crippen molar-refractivity contribution in [3.63, 3.8) is 0 Å². The number of aromatic nitrogens is 1. The van der Waals surface area contributed by atoms with E-state index in [1.807, 2.05) is 49.4 Å². The first-order valence-corrected chi connectivity index (χ1v) is 10.4. The molecule has 0 aliphatic rings. The number of nitrogens with one attached hydrogen (secondary N) is 2. The fourth-order valence-electron chi connectivity index (χ4n) is 3.65. The number of amides is 1. The Kier molecular flexibility index (Phi) is 6.13. The van der Waals surface area contributed by atoms with Crippen molar-refractivity contribution in [3.05, 3.63) is 101 Å². The Balaban J connectivity index is 1.47. The first kappa shape index (κ1) is 20.4. The molecule has 0 bridgehead atoms. The van der Waals surface area contributed by atoms with E-state index in [2.05, 4.69) is 63.7 Å². The number of hydrogen-bond acceptors (Lipinski definition) is 3. The second kappa shape index (κ2) is 9.30. The molecule has 5 heteroatoms. The highest BCUT2D eigenvalue weighted by Gasteiger charge is 2.12. The van der Waals surface area contributed by atoms with Crippen LogP contribution >= 0.6 is 0 Å². The molecule has 0 saturated heterocycles. The highest BCUT2D eigenvalue weighted by molar-refractivity contribution is 6.01. The summed E-state index contributed by atoms with van der Waals surface area (Å²) < 4.78 is 2.28. The van der Waals surface area contributed by atoms with Crippen LogP contribution < -0.4 is 10.7 Å². The average molecular weight is 411 g/mol. The van der Waals surface area contributed by atoms with Crippen LogP contribution in [0.25, 0.3) is 10.9 Å². The summed E-state index contributed by atoms with van der Waals surface area (Å²) in [7, 11) is 0. The summed E-state index contributed by atoms with van der Waals surface area (Å²) in [5.74, 6) is -0.192. The third-order valence-corrected chi connectivity index (χ3v) is 5.35. The van der Waals surface area contributed by atoms with Crippen LogP contribution in [0.2, 0.25) is 0 Å². The van der Waals surface area contributed by atoms with Crippen LogP contribution in [-0.4, -0.2) is 23.2 Å². The molecule has 5 nitrogen and oxygen atoms in total. The summed E-state index contributed by atoms with van der Waals surface area (Å²) in [5, 5.41) is 8.44. The lowest BCUT2D eigenvalue weighted by molar-refractivity contribution is -0.119. The standard InChI is InChI=1S/C26H26N4O/c1-19-12-14-22(15-13-19)27-17-26(31)29-28-16-24-20(2)30(18-21-8-4-3-5-9-21)25-11-7-6-10-23(24)25/h3-16,27H,17-18H2,1-2H3,(H,29,31). The lowest BCUT2D eigenvalue weighted by Gasteiger charge is -2.08. The Morgan fingerprint density at radius 2 is 1.65 bits per heavy atom. The molecule has 4 aromatic rings. The number of carbonyl (C=O) groups excluding carboxylic acids is 1. The molecule has 0 radical (unpaired) electrons. The van der Waals surface area contributed by atoms with Crippen LogP contribution in [0.1, 0.15) is 22.4 Å². The van der Waals surface area contributed by atoms with Gasteiger partial charge in [0.2, 0.25) is 0 Å². The maximum absolute atomic E-state index is 12.2. The molecule has 1 heterocycles. The zero-order valence-corrected chi connectivity index (χ0v) is 17.8. The fourth-order valence-corrected chi connectivity index (χ4v) is 3.65. The lowest BCUT2D eigenvalue weighted by atomic mass is 10.1. The normalized spacial score (nSPS) is 11.2. The summed E-state index contributed by atoms with van der Waals surface area (Å²) in [5.41, 5.74) is 9.23. The van der Waals surface area contributed by atoms with E-state index in [-0.39, 0.29) is 12.5 Å². The first-order chi connectivity index (χ1) is 15.1. The predicted octanol–water partition coefficient (Wildman–Crippen LogP) is 4.87. The van der Waals surface area contributed by atoms with Gasteiger partial charge in [0, 0.05) is 34.4 Å². The molecule has 3 aromatic carbocycles. The highest BCUT2D eigenvalue weighted by atomic mass is 16.2. The smallest absolute Gasteiger partial charge is 0.259 e. The lowest BCUT2D eigenvalue weighted by Crippen LogP contribution is -2.25. The van der Waals surface area contributed by atoms with Gasteiger partial charge in [0.05, 0.1) is 12.8 Å². The van der Waals surface area contributed by atoms with Crippen LogP contribution in [0.4, 0.5) is 5.69 Å². The van der Waals surface area contributed by atoms with Crippen molar-refractivity contribution in [1.29, 1.82) is 0 Å². The molecule has 0 unspecified atom stereocenters. The van der Waals surface area contributed by atoms with Gasteiger partial charge in [0.15, 0.2) is 0 Å². The molecule has 0 atom stereocenters. The van der Waals surface area contributed by atoms with E-state index in [0.29, 0.717) is 0 Å². The topological polar surface area (TPSA) is 58.4 Å². The molecule has 0 aliphatic heterocycles. The quantitative estimate of drug-likeness (QED) is 0.337. The van der Waals surface area contributed by atoms with E-state index in [0.717, 1.165) is 34.4 Å². The Morgan fingerprint density at radius 3 is 2.42 bits per heavy atom. The van der Waals surface area contributed by atoms with Gasteiger partial charge in [0.25, 0.3) is 5.91 Å². The third kappa shape index (κ3) is 4.83. The molecular formula is C26H26N4O. The molecule has 31 heavy (non-hydrogen) atoms. The molecule has 1 amide bonds. The predicted molar refractivity (Wildman–Crippen MR) is 128 cm³/mol. The van der Waals surface area contributed by atoms with E-state index in [4.69, 9.17) is 0 Å². The number of aryl methyl sites for hydroxylation is 1. The first-order valence-electron chi connectivity index (χ1n) is 10.4. The number of fused-ring (bicyclic) bond motifs is 1. The van der Waals surface area contributed by atoms with Crippen LogP contribution in [-0.2, 0) is 11.3 Å². The van der Waals surface area contributed by atoms with Crippen molar-refractivity contribution < 1.29 is 4.79 Å². The zero-order chi connectivity index (χ0) is 21.6. The Hall–Kier alpha value is -3.86. The summed E-state index contributed by atoms with van der Waals surface area (Å²) in [4.78, 5) is 12.2. The van der Waals surface area contributed by atoms with E-state index in [1.54, 1.807) is 6.21 Å². The maximum Gasteiger partial charge on any atom is 0.259 e. The van der Waals surface area contributed by atoms with Gasteiger partial charge in [-0.25, -0.2) is 5.43 Å². The van der Waals surface area contributed by atoms with Crippen molar-refractivity contribution in [1.82, 2.24) is 9.99 Å². The minimum Gasteiger partial charge on any atom is -0.376 e. The molecular weight excluding hydrogens is 384 g/mol. The number of hydrogen-bond donors (Lipinski definition) is 2. The zero-order valence-electron chi connectivity index (χ0n) is 17.8. The molecule has 0 saturated carbocycles. The number of rotatable bonds is 7. The Bertz CT molecular complexity index is 1210. The van der Waals surface area contributed by atoms with Crippen molar-refractivity contribution in [2.24, 2.45) is 5.10 Å². The largest absolute Gasteiger partial charge is 0.376 e. The number of anilines is 1. The second-order valence-corrected chi connectivity index (χ2v) is 7.60. The van der Waals surface area contributed by atoms with Crippen molar-refractivity contribution in [2.75, 3.05) is 11.9 Å². The summed E-state index contributed by atoms with van der Waals surface area (Å²) in [6, 6.07) is 26.6. The Labute approximate surface area is 182 Å². The number of nitrogens with zero attached hydrogens (tertiary/aromatic N) is 2. The number of benzene rings is 3. The van der Waals surface area contributed by atoms with Gasteiger partial charge in [-0.2, -0.15) is 5.10 Å². The van der Waals surface area contributed by atoms with E-state index >= 15 is 0 Å². The van der Waals surface area contributed by atoms with Crippen LogP contribution in [0.3, 0.4) is 0 Å². The van der Waals surface area contributed by atoms with Crippen LogP contribution in [0, 0.1) is 13.8 Å².